The van der Waals surface area contributed by atoms with Gasteiger partial charge in [0.2, 0.25) is 0 Å². The molecule has 0 amide bonds. The van der Waals surface area contributed by atoms with E-state index in [1.807, 2.05) is 0 Å². The van der Waals surface area contributed by atoms with Gasteiger partial charge in [0.15, 0.2) is 0 Å². The molecule has 0 radical (unpaired) electrons. The zero-order chi connectivity index (χ0) is 10.0. The number of hydrogen-bond donors (Lipinski definition) is 1. The number of amidine groups is 1. The summed E-state index contributed by atoms with van der Waals surface area (Å²) in [6.07, 6.45) is 2.56. The number of hydrogen-bond acceptors (Lipinski definition) is 4. The molecular formula is C11H17N3O. The van der Waals surface area contributed by atoms with Crippen LogP contribution in [0.2, 0.25) is 0 Å². The maximum absolute atomic E-state index is 6.17. The molecule has 2 unspecified atom stereocenters. The minimum atomic E-state index is 0.179. The molecule has 1 saturated heterocycles. The summed E-state index contributed by atoms with van der Waals surface area (Å²) in [7, 11) is 0. The van der Waals surface area contributed by atoms with E-state index in [1.54, 1.807) is 0 Å². The molecule has 4 heteroatoms. The Kier molecular flexibility index (Phi) is 1.45. The molecule has 0 aromatic carbocycles. The fourth-order valence-electron chi connectivity index (χ4n) is 4.24. The quantitative estimate of drug-likeness (QED) is 0.650. The van der Waals surface area contributed by atoms with Crippen LogP contribution in [-0.4, -0.2) is 48.6 Å². The van der Waals surface area contributed by atoms with Crippen LogP contribution < -0.4 is 5.73 Å². The zero-order valence-electron chi connectivity index (χ0n) is 8.85. The van der Waals surface area contributed by atoms with E-state index in [-0.39, 0.29) is 5.54 Å². The molecular weight excluding hydrogens is 190 g/mol. The molecule has 2 atom stereocenters. The Morgan fingerprint density at radius 1 is 1.27 bits per heavy atom. The SMILES string of the molecule is NC1=NC2CC3C(C2)C13N1CCOCC1. The predicted molar refractivity (Wildman–Crippen MR) is 56.7 cm³/mol. The molecule has 5 aliphatic rings. The smallest absolute Gasteiger partial charge is 0.115 e. The standard InChI is InChI=1S/C11H17N3O/c12-10-11(14-1-3-15-4-2-14)8-5-7(13-10)6-9(8)11/h7-9H,1-6H2,(H2,12,13). The number of aliphatic imine (C=N–C) groups is 1. The second-order valence-electron chi connectivity index (χ2n) is 5.28. The van der Waals surface area contributed by atoms with Gasteiger partial charge in [0.05, 0.1) is 24.8 Å². The van der Waals surface area contributed by atoms with Gasteiger partial charge in [0.1, 0.15) is 5.84 Å². The van der Waals surface area contributed by atoms with Crippen LogP contribution in [-0.2, 0) is 4.74 Å². The summed E-state index contributed by atoms with van der Waals surface area (Å²) in [5, 5.41) is 0. The lowest BCUT2D eigenvalue weighted by Gasteiger charge is -2.40. The van der Waals surface area contributed by atoms with Gasteiger partial charge in [0, 0.05) is 13.1 Å². The summed E-state index contributed by atoms with van der Waals surface area (Å²) in [6, 6.07) is 0.558. The van der Waals surface area contributed by atoms with Crippen LogP contribution in [0.4, 0.5) is 0 Å². The highest BCUT2D eigenvalue weighted by Crippen LogP contribution is 2.66. The number of ether oxygens (including phenoxy) is 1. The molecule has 3 heterocycles. The minimum absolute atomic E-state index is 0.179. The molecule has 3 fully saturated rings. The van der Waals surface area contributed by atoms with E-state index in [4.69, 9.17) is 10.5 Å². The second-order valence-corrected chi connectivity index (χ2v) is 5.28. The third-order valence-electron chi connectivity index (χ3n) is 4.83. The van der Waals surface area contributed by atoms with Crippen LogP contribution in [0.15, 0.2) is 4.99 Å². The lowest BCUT2D eigenvalue weighted by atomic mass is 9.94. The van der Waals surface area contributed by atoms with Gasteiger partial charge in [-0.2, -0.15) is 0 Å². The van der Waals surface area contributed by atoms with Crippen LogP contribution in [0.3, 0.4) is 0 Å². The normalized spacial score (nSPS) is 52.8. The maximum Gasteiger partial charge on any atom is 0.115 e. The molecule has 3 aliphatic heterocycles. The van der Waals surface area contributed by atoms with Gasteiger partial charge in [-0.3, -0.25) is 9.89 Å². The molecule has 0 aromatic rings. The summed E-state index contributed by atoms with van der Waals surface area (Å²) < 4.78 is 5.41. The fraction of sp³-hybridized carbons (Fsp3) is 0.909. The van der Waals surface area contributed by atoms with E-state index in [0.717, 1.165) is 44.0 Å². The fourth-order valence-corrected chi connectivity index (χ4v) is 4.24. The van der Waals surface area contributed by atoms with Crippen LogP contribution in [0, 0.1) is 11.8 Å². The van der Waals surface area contributed by atoms with Gasteiger partial charge in [-0.25, -0.2) is 0 Å². The van der Waals surface area contributed by atoms with Crippen molar-refractivity contribution in [2.75, 3.05) is 26.3 Å². The molecule has 4 bridgehead atoms. The highest BCUT2D eigenvalue weighted by Gasteiger charge is 2.75. The van der Waals surface area contributed by atoms with Crippen molar-refractivity contribution in [3.8, 4) is 0 Å². The van der Waals surface area contributed by atoms with Crippen molar-refractivity contribution in [3.05, 3.63) is 0 Å². The molecule has 5 rings (SSSR count). The Bertz CT molecular complexity index is 323. The number of nitrogens with two attached hydrogens (primary N) is 1. The van der Waals surface area contributed by atoms with Crippen molar-refractivity contribution < 1.29 is 4.74 Å². The first kappa shape index (κ1) is 8.53. The molecule has 2 saturated carbocycles. The van der Waals surface area contributed by atoms with Crippen LogP contribution >= 0.6 is 0 Å². The number of morpholine rings is 1. The highest BCUT2D eigenvalue weighted by molar-refractivity contribution is 5.96. The van der Waals surface area contributed by atoms with Crippen molar-refractivity contribution in [2.24, 2.45) is 22.6 Å². The largest absolute Gasteiger partial charge is 0.386 e. The predicted octanol–water partition coefficient (Wildman–Crippen LogP) is -0.163. The molecule has 0 aromatic heterocycles. The monoisotopic (exact) mass is 207 g/mol. The average Bonchev–Trinajstić information content (AvgIpc) is 2.76. The third-order valence-corrected chi connectivity index (χ3v) is 4.83. The number of nitrogens with zero attached hydrogens (tertiary/aromatic N) is 2. The minimum Gasteiger partial charge on any atom is -0.386 e. The van der Waals surface area contributed by atoms with Crippen molar-refractivity contribution in [1.29, 1.82) is 0 Å². The van der Waals surface area contributed by atoms with Crippen molar-refractivity contribution in [2.45, 2.75) is 24.4 Å². The van der Waals surface area contributed by atoms with E-state index in [2.05, 4.69) is 9.89 Å². The lowest BCUT2D eigenvalue weighted by molar-refractivity contribution is 0.0140. The van der Waals surface area contributed by atoms with Gasteiger partial charge in [-0.05, 0) is 24.7 Å². The molecule has 15 heavy (non-hydrogen) atoms. The maximum atomic E-state index is 6.17. The van der Waals surface area contributed by atoms with E-state index in [1.165, 1.54) is 12.8 Å². The van der Waals surface area contributed by atoms with Crippen LogP contribution in [0.25, 0.3) is 0 Å². The molecule has 82 valence electrons. The molecule has 2 N–H and O–H groups in total. The summed E-state index contributed by atoms with van der Waals surface area (Å²) in [4.78, 5) is 7.17. The summed E-state index contributed by atoms with van der Waals surface area (Å²) in [5.41, 5.74) is 6.35. The summed E-state index contributed by atoms with van der Waals surface area (Å²) in [5.74, 6) is 2.57. The van der Waals surface area contributed by atoms with E-state index in [0.29, 0.717) is 6.04 Å². The second kappa shape index (κ2) is 2.55. The highest BCUT2D eigenvalue weighted by atomic mass is 16.5. The Morgan fingerprint density at radius 2 is 1.93 bits per heavy atom. The first-order valence-electron chi connectivity index (χ1n) is 6.00. The first-order valence-corrected chi connectivity index (χ1v) is 6.00. The summed E-state index contributed by atoms with van der Waals surface area (Å²) >= 11 is 0. The van der Waals surface area contributed by atoms with Gasteiger partial charge in [0.25, 0.3) is 0 Å². The van der Waals surface area contributed by atoms with E-state index < -0.39 is 0 Å². The molecule has 0 spiro atoms. The molecule has 2 aliphatic carbocycles. The average molecular weight is 207 g/mol. The van der Waals surface area contributed by atoms with Crippen molar-refractivity contribution in [1.82, 2.24) is 4.90 Å². The van der Waals surface area contributed by atoms with Gasteiger partial charge in [-0.1, -0.05) is 0 Å². The molecule has 4 nitrogen and oxygen atoms in total. The number of rotatable bonds is 1. The van der Waals surface area contributed by atoms with Crippen molar-refractivity contribution in [3.63, 3.8) is 0 Å². The third kappa shape index (κ3) is 0.843. The van der Waals surface area contributed by atoms with Crippen LogP contribution in [0.1, 0.15) is 12.8 Å². The topological polar surface area (TPSA) is 50.8 Å². The van der Waals surface area contributed by atoms with Crippen LogP contribution in [0.5, 0.6) is 0 Å². The summed E-state index contributed by atoms with van der Waals surface area (Å²) in [6.45, 7) is 3.79. The Balaban J connectivity index is 1.70. The first-order chi connectivity index (χ1) is 7.33. The van der Waals surface area contributed by atoms with E-state index in [9.17, 15) is 0 Å². The lowest BCUT2D eigenvalue weighted by Crippen LogP contribution is -2.57. The Labute approximate surface area is 89.5 Å². The van der Waals surface area contributed by atoms with Gasteiger partial charge in [-0.15, -0.1) is 0 Å². The van der Waals surface area contributed by atoms with E-state index >= 15 is 0 Å². The zero-order valence-corrected chi connectivity index (χ0v) is 8.85. The van der Waals surface area contributed by atoms with Crippen molar-refractivity contribution >= 4 is 5.84 Å². The Morgan fingerprint density at radius 3 is 2.53 bits per heavy atom. The van der Waals surface area contributed by atoms with Gasteiger partial charge < -0.3 is 10.5 Å². The van der Waals surface area contributed by atoms with Gasteiger partial charge >= 0.3 is 0 Å². The Hall–Kier alpha value is -0.610.